The van der Waals surface area contributed by atoms with Gasteiger partial charge in [0.25, 0.3) is 0 Å². The van der Waals surface area contributed by atoms with Crippen LogP contribution in [0.5, 0.6) is 0 Å². The third-order valence-electron chi connectivity index (χ3n) is 2.97. The molecule has 1 aliphatic heterocycles. The standard InChI is InChI=1S/C11H19N5O/c1-15-10(2-3-14-15)8-13-11(17)9-16-6-4-12-5-7-16/h2-3,12H,4-9H2,1H3,(H,13,17). The maximum Gasteiger partial charge on any atom is 0.234 e. The highest BCUT2D eigenvalue weighted by Gasteiger charge is 2.13. The fourth-order valence-electron chi connectivity index (χ4n) is 1.89. The fraction of sp³-hybridized carbons (Fsp3) is 0.636. The molecule has 0 aromatic carbocycles. The van der Waals surface area contributed by atoms with Gasteiger partial charge in [-0.25, -0.2) is 0 Å². The number of piperazine rings is 1. The number of amides is 1. The van der Waals surface area contributed by atoms with Gasteiger partial charge in [0.15, 0.2) is 0 Å². The van der Waals surface area contributed by atoms with E-state index in [1.165, 1.54) is 0 Å². The summed E-state index contributed by atoms with van der Waals surface area (Å²) in [7, 11) is 1.87. The van der Waals surface area contributed by atoms with Crippen LogP contribution in [0.1, 0.15) is 5.69 Å². The minimum Gasteiger partial charge on any atom is -0.349 e. The molecule has 0 atom stereocenters. The average Bonchev–Trinajstić information content (AvgIpc) is 2.74. The van der Waals surface area contributed by atoms with E-state index in [0.717, 1.165) is 31.9 Å². The monoisotopic (exact) mass is 237 g/mol. The van der Waals surface area contributed by atoms with Crippen LogP contribution >= 0.6 is 0 Å². The van der Waals surface area contributed by atoms with Gasteiger partial charge in [0.2, 0.25) is 5.91 Å². The van der Waals surface area contributed by atoms with Crippen molar-refractivity contribution in [3.05, 3.63) is 18.0 Å². The summed E-state index contributed by atoms with van der Waals surface area (Å²) in [4.78, 5) is 13.9. The van der Waals surface area contributed by atoms with E-state index < -0.39 is 0 Å². The zero-order valence-corrected chi connectivity index (χ0v) is 10.1. The molecule has 0 aliphatic carbocycles. The van der Waals surface area contributed by atoms with Crippen molar-refractivity contribution in [2.75, 3.05) is 32.7 Å². The molecule has 2 N–H and O–H groups in total. The van der Waals surface area contributed by atoms with E-state index in [2.05, 4.69) is 20.6 Å². The molecule has 0 radical (unpaired) electrons. The normalized spacial score (nSPS) is 17.0. The molecule has 1 aromatic heterocycles. The first kappa shape index (κ1) is 12.1. The molecule has 17 heavy (non-hydrogen) atoms. The summed E-state index contributed by atoms with van der Waals surface area (Å²) in [5.74, 6) is 0.0769. The second-order valence-corrected chi connectivity index (χ2v) is 4.25. The Morgan fingerprint density at radius 3 is 2.94 bits per heavy atom. The highest BCUT2D eigenvalue weighted by atomic mass is 16.2. The molecule has 2 heterocycles. The van der Waals surface area contributed by atoms with Crippen LogP contribution in [0.15, 0.2) is 12.3 Å². The number of aryl methyl sites for hydroxylation is 1. The summed E-state index contributed by atoms with van der Waals surface area (Å²) < 4.78 is 1.77. The largest absolute Gasteiger partial charge is 0.349 e. The lowest BCUT2D eigenvalue weighted by Crippen LogP contribution is -2.47. The van der Waals surface area contributed by atoms with E-state index in [-0.39, 0.29) is 5.91 Å². The van der Waals surface area contributed by atoms with Gasteiger partial charge in [-0.15, -0.1) is 0 Å². The van der Waals surface area contributed by atoms with Crippen LogP contribution in [0.3, 0.4) is 0 Å². The molecule has 0 bridgehead atoms. The summed E-state index contributed by atoms with van der Waals surface area (Å²) in [6.45, 7) is 4.85. The number of nitrogens with zero attached hydrogens (tertiary/aromatic N) is 3. The van der Waals surface area contributed by atoms with Gasteiger partial charge in [0.05, 0.1) is 18.8 Å². The van der Waals surface area contributed by atoms with Crippen LogP contribution in [0.2, 0.25) is 0 Å². The van der Waals surface area contributed by atoms with Crippen molar-refractivity contribution in [2.45, 2.75) is 6.54 Å². The van der Waals surface area contributed by atoms with Gasteiger partial charge in [0.1, 0.15) is 0 Å². The van der Waals surface area contributed by atoms with Crippen LogP contribution in [0.4, 0.5) is 0 Å². The molecule has 1 aromatic rings. The van der Waals surface area contributed by atoms with Crippen molar-refractivity contribution < 1.29 is 4.79 Å². The van der Waals surface area contributed by atoms with Gasteiger partial charge in [-0.3, -0.25) is 14.4 Å². The Kier molecular flexibility index (Phi) is 4.11. The first-order chi connectivity index (χ1) is 8.25. The lowest BCUT2D eigenvalue weighted by Gasteiger charge is -2.26. The predicted octanol–water partition coefficient (Wildman–Crippen LogP) is -1.06. The van der Waals surface area contributed by atoms with E-state index in [0.29, 0.717) is 13.1 Å². The lowest BCUT2D eigenvalue weighted by molar-refractivity contribution is -0.122. The topological polar surface area (TPSA) is 62.2 Å². The van der Waals surface area contributed by atoms with E-state index in [4.69, 9.17) is 0 Å². The summed E-state index contributed by atoms with van der Waals surface area (Å²) in [5, 5.41) is 10.2. The zero-order valence-electron chi connectivity index (χ0n) is 10.1. The molecule has 1 aliphatic rings. The van der Waals surface area contributed by atoms with Crippen molar-refractivity contribution >= 4 is 5.91 Å². The molecule has 0 spiro atoms. The fourth-order valence-corrected chi connectivity index (χ4v) is 1.89. The van der Waals surface area contributed by atoms with E-state index >= 15 is 0 Å². The number of hydrogen-bond donors (Lipinski definition) is 2. The molecule has 6 nitrogen and oxygen atoms in total. The number of nitrogens with one attached hydrogen (secondary N) is 2. The molecule has 1 saturated heterocycles. The van der Waals surface area contributed by atoms with Gasteiger partial charge in [-0.05, 0) is 6.07 Å². The van der Waals surface area contributed by atoms with Crippen LogP contribution in [0.25, 0.3) is 0 Å². The van der Waals surface area contributed by atoms with E-state index in [1.54, 1.807) is 10.9 Å². The molecule has 1 fully saturated rings. The van der Waals surface area contributed by atoms with Gasteiger partial charge >= 0.3 is 0 Å². The number of aromatic nitrogens is 2. The molecule has 0 saturated carbocycles. The zero-order chi connectivity index (χ0) is 12.1. The van der Waals surface area contributed by atoms with Crippen LogP contribution in [-0.2, 0) is 18.4 Å². The molecule has 94 valence electrons. The molecular formula is C11H19N5O. The Morgan fingerprint density at radius 2 is 2.29 bits per heavy atom. The molecule has 6 heteroatoms. The van der Waals surface area contributed by atoms with E-state index in [1.807, 2.05) is 13.1 Å². The number of hydrogen-bond acceptors (Lipinski definition) is 4. The van der Waals surface area contributed by atoms with Gasteiger partial charge in [0, 0.05) is 39.4 Å². The highest BCUT2D eigenvalue weighted by Crippen LogP contribution is 1.96. The third-order valence-corrected chi connectivity index (χ3v) is 2.97. The van der Waals surface area contributed by atoms with E-state index in [9.17, 15) is 4.79 Å². The Labute approximate surface area is 101 Å². The molecule has 1 amide bonds. The van der Waals surface area contributed by atoms with Crippen molar-refractivity contribution in [1.29, 1.82) is 0 Å². The Hall–Kier alpha value is -1.40. The number of carbonyl (C=O) groups is 1. The van der Waals surface area contributed by atoms with Crippen LogP contribution < -0.4 is 10.6 Å². The van der Waals surface area contributed by atoms with Crippen molar-refractivity contribution in [1.82, 2.24) is 25.3 Å². The number of carbonyl (C=O) groups excluding carboxylic acids is 1. The lowest BCUT2D eigenvalue weighted by atomic mass is 10.3. The van der Waals surface area contributed by atoms with Gasteiger partial charge < -0.3 is 10.6 Å². The summed E-state index contributed by atoms with van der Waals surface area (Å²) in [6.07, 6.45) is 1.73. The molecule has 2 rings (SSSR count). The third kappa shape index (κ3) is 3.54. The summed E-state index contributed by atoms with van der Waals surface area (Å²) >= 11 is 0. The Bertz CT molecular complexity index is 370. The first-order valence-electron chi connectivity index (χ1n) is 5.92. The minimum absolute atomic E-state index is 0.0769. The second-order valence-electron chi connectivity index (χ2n) is 4.25. The number of rotatable bonds is 4. The van der Waals surface area contributed by atoms with Crippen molar-refractivity contribution in [2.24, 2.45) is 7.05 Å². The Morgan fingerprint density at radius 1 is 1.53 bits per heavy atom. The van der Waals surface area contributed by atoms with Gasteiger partial charge in [-0.2, -0.15) is 5.10 Å². The average molecular weight is 237 g/mol. The quantitative estimate of drug-likeness (QED) is 0.701. The van der Waals surface area contributed by atoms with Crippen molar-refractivity contribution in [3.63, 3.8) is 0 Å². The second kappa shape index (κ2) is 5.79. The predicted molar refractivity (Wildman–Crippen MR) is 64.4 cm³/mol. The van der Waals surface area contributed by atoms with Crippen molar-refractivity contribution in [3.8, 4) is 0 Å². The molecular weight excluding hydrogens is 218 g/mol. The summed E-state index contributed by atoms with van der Waals surface area (Å²) in [5.41, 5.74) is 1.01. The maximum absolute atomic E-state index is 11.7. The van der Waals surface area contributed by atoms with Crippen LogP contribution in [0, 0.1) is 0 Å². The smallest absolute Gasteiger partial charge is 0.234 e. The SMILES string of the molecule is Cn1nccc1CNC(=O)CN1CCNCC1. The first-order valence-corrected chi connectivity index (χ1v) is 5.92. The van der Waals surface area contributed by atoms with Gasteiger partial charge in [-0.1, -0.05) is 0 Å². The summed E-state index contributed by atoms with van der Waals surface area (Å²) in [6, 6.07) is 1.91. The highest BCUT2D eigenvalue weighted by molar-refractivity contribution is 5.77. The maximum atomic E-state index is 11.7. The van der Waals surface area contributed by atoms with Crippen LogP contribution in [-0.4, -0.2) is 53.3 Å². The Balaban J connectivity index is 1.72. The molecule has 0 unspecified atom stereocenters. The minimum atomic E-state index is 0.0769.